The van der Waals surface area contributed by atoms with Gasteiger partial charge in [0.15, 0.2) is 0 Å². The largest absolute Gasteiger partial charge is 0.381 e. The summed E-state index contributed by atoms with van der Waals surface area (Å²) in [4.78, 5) is 2.38. The fraction of sp³-hybridized carbons (Fsp3) is 1.00. The van der Waals surface area contributed by atoms with Crippen LogP contribution in [0.15, 0.2) is 0 Å². The van der Waals surface area contributed by atoms with Gasteiger partial charge in [-0.05, 0) is 45.1 Å². The number of nitrogens with zero attached hydrogens (tertiary/aromatic N) is 1. The van der Waals surface area contributed by atoms with Gasteiger partial charge in [0.25, 0.3) is 0 Å². The Morgan fingerprint density at radius 3 is 2.65 bits per heavy atom. The average Bonchev–Trinajstić information content (AvgIpc) is 2.39. The summed E-state index contributed by atoms with van der Waals surface area (Å²) in [6.07, 6.45) is 3.74. The van der Waals surface area contributed by atoms with Crippen molar-refractivity contribution in [3.8, 4) is 0 Å². The van der Waals surface area contributed by atoms with E-state index in [1.165, 1.54) is 12.8 Å². The van der Waals surface area contributed by atoms with E-state index in [9.17, 15) is 8.42 Å². The molecule has 0 bridgehead atoms. The highest BCUT2D eigenvalue weighted by Gasteiger charge is 2.29. The molecule has 6 heteroatoms. The molecule has 0 spiro atoms. The molecule has 2 heterocycles. The van der Waals surface area contributed by atoms with Crippen molar-refractivity contribution in [2.75, 3.05) is 32.8 Å². The topological polar surface area (TPSA) is 58.6 Å². The summed E-state index contributed by atoms with van der Waals surface area (Å²) in [5.74, 6) is 0.725. The van der Waals surface area contributed by atoms with Crippen molar-refractivity contribution in [1.82, 2.24) is 9.62 Å². The van der Waals surface area contributed by atoms with Crippen LogP contribution in [-0.2, 0) is 14.8 Å². The van der Waals surface area contributed by atoms with Gasteiger partial charge in [-0.2, -0.15) is 0 Å². The number of sulfonamides is 1. The molecule has 0 radical (unpaired) electrons. The Labute approximate surface area is 123 Å². The van der Waals surface area contributed by atoms with Gasteiger partial charge in [0.1, 0.15) is 0 Å². The van der Waals surface area contributed by atoms with E-state index in [1.54, 1.807) is 0 Å². The van der Waals surface area contributed by atoms with Crippen molar-refractivity contribution < 1.29 is 13.2 Å². The lowest BCUT2D eigenvalue weighted by atomic mass is 10.00. The zero-order valence-electron chi connectivity index (χ0n) is 12.7. The minimum absolute atomic E-state index is 0.0202. The molecule has 2 saturated heterocycles. The molecular formula is C14H28N2O3S. The van der Waals surface area contributed by atoms with Gasteiger partial charge in [-0.3, -0.25) is 0 Å². The summed E-state index contributed by atoms with van der Waals surface area (Å²) in [7, 11) is -3.20. The third-order valence-corrected chi connectivity index (χ3v) is 6.33. The summed E-state index contributed by atoms with van der Waals surface area (Å²) < 4.78 is 32.7. The summed E-state index contributed by atoms with van der Waals surface area (Å²) in [6, 6.07) is -0.0202. The van der Waals surface area contributed by atoms with Crippen LogP contribution in [0.25, 0.3) is 0 Å². The molecule has 2 rings (SSSR count). The number of hydrogen-bond donors (Lipinski definition) is 1. The lowest BCUT2D eigenvalue weighted by molar-refractivity contribution is 0.0980. The van der Waals surface area contributed by atoms with Gasteiger partial charge in [-0.15, -0.1) is 0 Å². The van der Waals surface area contributed by atoms with E-state index >= 15 is 0 Å². The molecule has 2 fully saturated rings. The van der Waals surface area contributed by atoms with Gasteiger partial charge in [-0.25, -0.2) is 13.1 Å². The van der Waals surface area contributed by atoms with E-state index in [-0.39, 0.29) is 11.3 Å². The first-order chi connectivity index (χ1) is 9.47. The number of piperidine rings is 1. The molecule has 0 amide bonds. The van der Waals surface area contributed by atoms with Crippen LogP contribution >= 0.6 is 0 Å². The Morgan fingerprint density at radius 2 is 2.00 bits per heavy atom. The van der Waals surface area contributed by atoms with Gasteiger partial charge in [0.2, 0.25) is 10.0 Å². The van der Waals surface area contributed by atoms with Crippen LogP contribution in [0, 0.1) is 5.92 Å². The van der Waals surface area contributed by atoms with Crippen molar-refractivity contribution in [3.05, 3.63) is 0 Å². The van der Waals surface area contributed by atoms with E-state index in [2.05, 4.69) is 16.5 Å². The highest BCUT2D eigenvalue weighted by atomic mass is 32.2. The average molecular weight is 304 g/mol. The summed E-state index contributed by atoms with van der Waals surface area (Å²) in [5, 5.41) is -0.279. The van der Waals surface area contributed by atoms with Gasteiger partial charge < -0.3 is 9.64 Å². The van der Waals surface area contributed by atoms with Crippen LogP contribution in [0.4, 0.5) is 0 Å². The molecule has 0 aliphatic carbocycles. The SMILES string of the molecule is C[C@H]1CCCN(C[C@@H](C)NS(=O)(=O)C2CCOCC2)C1. The number of ether oxygens (including phenoxy) is 1. The molecule has 2 aliphatic heterocycles. The number of likely N-dealkylation sites (tertiary alicyclic amines) is 1. The quantitative estimate of drug-likeness (QED) is 0.829. The molecule has 2 aliphatic rings. The van der Waals surface area contributed by atoms with Crippen LogP contribution < -0.4 is 4.72 Å². The Bertz CT molecular complexity index is 393. The zero-order valence-corrected chi connectivity index (χ0v) is 13.5. The van der Waals surface area contributed by atoms with Crippen molar-refractivity contribution in [1.29, 1.82) is 0 Å². The second-order valence-corrected chi connectivity index (χ2v) is 8.38. The third-order valence-electron chi connectivity index (χ3n) is 4.25. The second kappa shape index (κ2) is 7.20. The standard InChI is InChI=1S/C14H28N2O3S/c1-12-4-3-7-16(10-12)11-13(2)15-20(17,18)14-5-8-19-9-6-14/h12-15H,3-11H2,1-2H3/t12-,13+/m0/s1. The zero-order chi connectivity index (χ0) is 14.6. The van der Waals surface area contributed by atoms with E-state index in [0.717, 1.165) is 25.6 Å². The van der Waals surface area contributed by atoms with Crippen molar-refractivity contribution in [3.63, 3.8) is 0 Å². The lowest BCUT2D eigenvalue weighted by Gasteiger charge is -2.33. The first-order valence-corrected chi connectivity index (χ1v) is 9.33. The molecule has 118 valence electrons. The predicted octanol–water partition coefficient (Wildman–Crippen LogP) is 1.21. The van der Waals surface area contributed by atoms with E-state index in [0.29, 0.717) is 26.1 Å². The monoisotopic (exact) mass is 304 g/mol. The Kier molecular flexibility index (Phi) is 5.84. The highest BCUT2D eigenvalue weighted by molar-refractivity contribution is 7.90. The molecule has 5 nitrogen and oxygen atoms in total. The van der Waals surface area contributed by atoms with Crippen molar-refractivity contribution in [2.45, 2.75) is 50.8 Å². The maximum Gasteiger partial charge on any atom is 0.214 e. The molecular weight excluding hydrogens is 276 g/mol. The van der Waals surface area contributed by atoms with Crippen molar-refractivity contribution in [2.24, 2.45) is 5.92 Å². The molecule has 0 aromatic heterocycles. The molecule has 20 heavy (non-hydrogen) atoms. The number of hydrogen-bond acceptors (Lipinski definition) is 4. The van der Waals surface area contributed by atoms with Gasteiger partial charge in [0, 0.05) is 32.3 Å². The summed E-state index contributed by atoms with van der Waals surface area (Å²) in [5.41, 5.74) is 0. The summed E-state index contributed by atoms with van der Waals surface area (Å²) in [6.45, 7) is 8.34. The Morgan fingerprint density at radius 1 is 1.30 bits per heavy atom. The maximum atomic E-state index is 12.3. The smallest absolute Gasteiger partial charge is 0.214 e. The highest BCUT2D eigenvalue weighted by Crippen LogP contribution is 2.17. The van der Waals surface area contributed by atoms with Crippen LogP contribution in [0.3, 0.4) is 0 Å². The molecule has 0 aromatic rings. The van der Waals surface area contributed by atoms with E-state index in [1.807, 2.05) is 6.92 Å². The summed E-state index contributed by atoms with van der Waals surface area (Å²) >= 11 is 0. The Balaban J connectivity index is 1.81. The number of rotatable bonds is 5. The normalized spacial score (nSPS) is 28.4. The predicted molar refractivity (Wildman–Crippen MR) is 80.2 cm³/mol. The lowest BCUT2D eigenvalue weighted by Crippen LogP contribution is -2.48. The van der Waals surface area contributed by atoms with Crippen LogP contribution in [0.2, 0.25) is 0 Å². The molecule has 0 saturated carbocycles. The molecule has 2 atom stereocenters. The molecule has 1 N–H and O–H groups in total. The van der Waals surface area contributed by atoms with Crippen molar-refractivity contribution >= 4 is 10.0 Å². The maximum absolute atomic E-state index is 12.3. The number of nitrogens with one attached hydrogen (secondary N) is 1. The second-order valence-electron chi connectivity index (χ2n) is 6.38. The van der Waals surface area contributed by atoms with E-state index in [4.69, 9.17) is 4.74 Å². The fourth-order valence-electron chi connectivity index (χ4n) is 3.24. The third kappa shape index (κ3) is 4.69. The fourth-order valence-corrected chi connectivity index (χ4v) is 4.88. The first-order valence-electron chi connectivity index (χ1n) is 7.78. The molecule has 0 unspecified atom stereocenters. The minimum atomic E-state index is -3.20. The van der Waals surface area contributed by atoms with Crippen LogP contribution in [0.1, 0.15) is 39.5 Å². The minimum Gasteiger partial charge on any atom is -0.381 e. The van der Waals surface area contributed by atoms with Gasteiger partial charge in [0.05, 0.1) is 5.25 Å². The van der Waals surface area contributed by atoms with Crippen LogP contribution in [-0.4, -0.2) is 57.5 Å². The van der Waals surface area contributed by atoms with Crippen LogP contribution in [0.5, 0.6) is 0 Å². The first kappa shape index (κ1) is 16.2. The Hall–Kier alpha value is -0.170. The van der Waals surface area contributed by atoms with Gasteiger partial charge in [-0.1, -0.05) is 6.92 Å². The van der Waals surface area contributed by atoms with E-state index < -0.39 is 10.0 Å². The van der Waals surface area contributed by atoms with Gasteiger partial charge >= 0.3 is 0 Å². The molecule has 0 aromatic carbocycles.